The summed E-state index contributed by atoms with van der Waals surface area (Å²) in [5, 5.41) is 8.92. The van der Waals surface area contributed by atoms with Crippen molar-refractivity contribution in [1.29, 1.82) is 0 Å². The quantitative estimate of drug-likeness (QED) is 0.802. The molecule has 2 rings (SSSR count). The first-order valence-corrected chi connectivity index (χ1v) is 6.96. The predicted octanol–water partition coefficient (Wildman–Crippen LogP) is 2.31. The lowest BCUT2D eigenvalue weighted by molar-refractivity contribution is -0.120. The normalized spacial score (nSPS) is 17.5. The molecule has 1 heterocycles. The summed E-state index contributed by atoms with van der Waals surface area (Å²) in [5.74, 6) is -0.0582. The Morgan fingerprint density at radius 2 is 2.05 bits per heavy atom. The summed E-state index contributed by atoms with van der Waals surface area (Å²) in [4.78, 5) is 23.3. The van der Waals surface area contributed by atoms with Crippen molar-refractivity contribution in [3.8, 4) is 0 Å². The van der Waals surface area contributed by atoms with E-state index in [9.17, 15) is 9.59 Å². The van der Waals surface area contributed by atoms with Crippen molar-refractivity contribution in [1.82, 2.24) is 5.32 Å². The number of piperidine rings is 1. The highest BCUT2D eigenvalue weighted by Crippen LogP contribution is 2.21. The minimum atomic E-state index is -0.118. The van der Waals surface area contributed by atoms with Gasteiger partial charge in [0.2, 0.25) is 11.8 Å². The van der Waals surface area contributed by atoms with Crippen molar-refractivity contribution >= 4 is 35.6 Å². The van der Waals surface area contributed by atoms with Crippen LogP contribution in [0.15, 0.2) is 18.2 Å². The molecule has 6 heteroatoms. The van der Waals surface area contributed by atoms with Gasteiger partial charge in [-0.25, -0.2) is 0 Å². The second-order valence-electron chi connectivity index (χ2n) is 5.24. The van der Waals surface area contributed by atoms with Crippen LogP contribution >= 0.6 is 12.4 Å². The van der Waals surface area contributed by atoms with Gasteiger partial charge in [0.05, 0.1) is 5.92 Å². The van der Waals surface area contributed by atoms with Gasteiger partial charge >= 0.3 is 0 Å². The Morgan fingerprint density at radius 3 is 2.67 bits per heavy atom. The van der Waals surface area contributed by atoms with Crippen LogP contribution in [0.1, 0.15) is 25.3 Å². The molecule has 1 saturated heterocycles. The lowest BCUT2D eigenvalue weighted by Crippen LogP contribution is -2.37. The fourth-order valence-corrected chi connectivity index (χ4v) is 2.34. The van der Waals surface area contributed by atoms with Crippen LogP contribution in [0.3, 0.4) is 0 Å². The van der Waals surface area contributed by atoms with E-state index in [0.29, 0.717) is 0 Å². The minimum absolute atomic E-state index is 0. The molecule has 5 nitrogen and oxygen atoms in total. The van der Waals surface area contributed by atoms with Crippen molar-refractivity contribution in [3.63, 3.8) is 0 Å². The van der Waals surface area contributed by atoms with Gasteiger partial charge in [-0.3, -0.25) is 9.59 Å². The average molecular weight is 312 g/mol. The number of carbonyl (C=O) groups excluding carboxylic acids is 2. The first-order valence-electron chi connectivity index (χ1n) is 6.96. The van der Waals surface area contributed by atoms with Gasteiger partial charge in [0.15, 0.2) is 0 Å². The molecular formula is C15H22ClN3O2. The van der Waals surface area contributed by atoms with E-state index in [1.807, 2.05) is 19.1 Å². The van der Waals surface area contributed by atoms with Crippen LogP contribution in [0.25, 0.3) is 0 Å². The summed E-state index contributed by atoms with van der Waals surface area (Å²) in [6, 6.07) is 5.54. The summed E-state index contributed by atoms with van der Waals surface area (Å²) in [6.45, 7) is 5.11. The molecule has 2 amide bonds. The van der Waals surface area contributed by atoms with E-state index in [1.54, 1.807) is 6.07 Å². The van der Waals surface area contributed by atoms with Gasteiger partial charge < -0.3 is 16.0 Å². The Hall–Kier alpha value is -1.59. The van der Waals surface area contributed by atoms with E-state index >= 15 is 0 Å². The van der Waals surface area contributed by atoms with Gasteiger partial charge in [-0.2, -0.15) is 0 Å². The lowest BCUT2D eigenvalue weighted by atomic mass is 9.98. The Labute approximate surface area is 131 Å². The van der Waals surface area contributed by atoms with Crippen LogP contribution < -0.4 is 16.0 Å². The number of hydrogen-bond acceptors (Lipinski definition) is 3. The van der Waals surface area contributed by atoms with Crippen molar-refractivity contribution in [3.05, 3.63) is 23.8 Å². The van der Waals surface area contributed by atoms with E-state index < -0.39 is 0 Å². The number of anilines is 2. The number of benzene rings is 1. The monoisotopic (exact) mass is 311 g/mol. The van der Waals surface area contributed by atoms with E-state index in [1.165, 1.54) is 6.92 Å². The van der Waals surface area contributed by atoms with Gasteiger partial charge in [-0.15, -0.1) is 12.4 Å². The largest absolute Gasteiger partial charge is 0.326 e. The van der Waals surface area contributed by atoms with Crippen molar-refractivity contribution in [2.24, 2.45) is 5.92 Å². The zero-order valence-electron chi connectivity index (χ0n) is 12.4. The fraction of sp³-hybridized carbons (Fsp3) is 0.467. The van der Waals surface area contributed by atoms with Gasteiger partial charge in [-0.1, -0.05) is 6.07 Å². The maximum Gasteiger partial charge on any atom is 0.228 e. The van der Waals surface area contributed by atoms with Crippen LogP contribution in [0.5, 0.6) is 0 Å². The summed E-state index contributed by atoms with van der Waals surface area (Å²) >= 11 is 0. The Morgan fingerprint density at radius 1 is 1.29 bits per heavy atom. The standard InChI is InChI=1S/C15H21N3O2.ClH/c1-10-5-6-13(8-14(10)17-11(2)19)18-15(20)12-4-3-7-16-9-12;/h5-6,8,12,16H,3-4,7,9H2,1-2H3,(H,17,19)(H,18,20);1H/t12-;/m1./s1. The zero-order valence-corrected chi connectivity index (χ0v) is 13.2. The highest BCUT2D eigenvalue weighted by atomic mass is 35.5. The molecule has 0 spiro atoms. The number of aryl methyl sites for hydroxylation is 1. The summed E-state index contributed by atoms with van der Waals surface area (Å²) in [6.07, 6.45) is 1.95. The van der Waals surface area contributed by atoms with Crippen LogP contribution in [0.2, 0.25) is 0 Å². The van der Waals surface area contributed by atoms with Crippen LogP contribution in [0, 0.1) is 12.8 Å². The third-order valence-corrected chi connectivity index (χ3v) is 3.48. The SMILES string of the molecule is CC(=O)Nc1cc(NC(=O)[C@@H]2CCCNC2)ccc1C.Cl. The number of amides is 2. The number of nitrogens with one attached hydrogen (secondary N) is 3. The highest BCUT2D eigenvalue weighted by molar-refractivity contribution is 5.95. The van der Waals surface area contributed by atoms with E-state index in [2.05, 4.69) is 16.0 Å². The van der Waals surface area contributed by atoms with Crippen LogP contribution in [-0.2, 0) is 9.59 Å². The first kappa shape index (κ1) is 17.5. The highest BCUT2D eigenvalue weighted by Gasteiger charge is 2.20. The van der Waals surface area contributed by atoms with Gasteiger partial charge in [0.25, 0.3) is 0 Å². The van der Waals surface area contributed by atoms with E-state index in [-0.39, 0.29) is 30.1 Å². The molecule has 21 heavy (non-hydrogen) atoms. The average Bonchev–Trinajstić information content (AvgIpc) is 2.43. The third kappa shape index (κ3) is 5.02. The lowest BCUT2D eigenvalue weighted by Gasteiger charge is -2.22. The smallest absolute Gasteiger partial charge is 0.228 e. The number of halogens is 1. The van der Waals surface area contributed by atoms with Crippen molar-refractivity contribution < 1.29 is 9.59 Å². The maximum atomic E-state index is 12.1. The second-order valence-corrected chi connectivity index (χ2v) is 5.24. The van der Waals surface area contributed by atoms with Crippen LogP contribution in [-0.4, -0.2) is 24.9 Å². The number of rotatable bonds is 3. The van der Waals surface area contributed by atoms with Crippen molar-refractivity contribution in [2.45, 2.75) is 26.7 Å². The maximum absolute atomic E-state index is 12.1. The molecule has 1 fully saturated rings. The molecule has 1 atom stereocenters. The van der Waals surface area contributed by atoms with Gasteiger partial charge in [0.1, 0.15) is 0 Å². The molecule has 0 unspecified atom stereocenters. The molecule has 0 radical (unpaired) electrons. The number of hydrogen-bond donors (Lipinski definition) is 3. The first-order chi connectivity index (χ1) is 9.56. The van der Waals surface area contributed by atoms with E-state index in [4.69, 9.17) is 0 Å². The molecule has 0 saturated carbocycles. The van der Waals surface area contributed by atoms with Crippen molar-refractivity contribution in [2.75, 3.05) is 23.7 Å². The molecule has 116 valence electrons. The molecule has 1 aliphatic rings. The topological polar surface area (TPSA) is 70.2 Å². The summed E-state index contributed by atoms with van der Waals surface area (Å²) < 4.78 is 0. The van der Waals surface area contributed by atoms with E-state index in [0.717, 1.165) is 42.9 Å². The second kappa shape index (κ2) is 8.00. The Kier molecular flexibility index (Phi) is 6.65. The zero-order chi connectivity index (χ0) is 14.5. The number of carbonyl (C=O) groups is 2. The predicted molar refractivity (Wildman–Crippen MR) is 87.0 cm³/mol. The molecule has 0 bridgehead atoms. The summed E-state index contributed by atoms with van der Waals surface area (Å²) in [5.41, 5.74) is 2.42. The molecule has 1 aliphatic heterocycles. The van der Waals surface area contributed by atoms with Gasteiger partial charge in [-0.05, 0) is 44.0 Å². The Balaban J connectivity index is 0.00000220. The molecule has 0 aromatic heterocycles. The fourth-order valence-electron chi connectivity index (χ4n) is 2.34. The van der Waals surface area contributed by atoms with Gasteiger partial charge in [0, 0.05) is 24.8 Å². The minimum Gasteiger partial charge on any atom is -0.326 e. The molecular weight excluding hydrogens is 290 g/mol. The molecule has 1 aromatic rings. The Bertz CT molecular complexity index is 514. The molecule has 1 aromatic carbocycles. The summed E-state index contributed by atoms with van der Waals surface area (Å²) in [7, 11) is 0. The van der Waals surface area contributed by atoms with Crippen LogP contribution in [0.4, 0.5) is 11.4 Å². The molecule has 3 N–H and O–H groups in total. The molecule has 0 aliphatic carbocycles. The third-order valence-electron chi connectivity index (χ3n) is 3.48.